The molecule has 0 amide bonds. The van der Waals surface area contributed by atoms with Crippen LogP contribution in [-0.4, -0.2) is 35.2 Å². The molecule has 132 valence electrons. The Hall–Kier alpha value is -2.18. The number of benzene rings is 1. The first-order valence-electron chi connectivity index (χ1n) is 9.00. The SMILES string of the molecule is CC(Cc1ccc(-n2ccc(N)nc2=O)cc1)NCC1C2CNCC21. The number of nitrogens with one attached hydrogen (secondary N) is 2. The highest BCUT2D eigenvalue weighted by atomic mass is 16.1. The third kappa shape index (κ3) is 3.45. The second-order valence-corrected chi connectivity index (χ2v) is 7.33. The lowest BCUT2D eigenvalue weighted by Gasteiger charge is -2.15. The predicted molar refractivity (Wildman–Crippen MR) is 98.8 cm³/mol. The third-order valence-electron chi connectivity index (χ3n) is 5.55. The standard InChI is InChI=1S/C19H25N5O/c1-12(22-11-17-15-9-21-10-16(15)17)8-13-2-4-14(5-3-13)24-7-6-18(20)23-19(24)25/h2-7,12,15-17,21-22H,8-11H2,1H3,(H2,20,23,25). The van der Waals surface area contributed by atoms with Gasteiger partial charge in [-0.1, -0.05) is 12.1 Å². The Morgan fingerprint density at radius 1 is 1.28 bits per heavy atom. The third-order valence-corrected chi connectivity index (χ3v) is 5.55. The second kappa shape index (κ2) is 6.61. The molecule has 2 aromatic rings. The number of nitrogens with zero attached hydrogens (tertiary/aromatic N) is 2. The van der Waals surface area contributed by atoms with Gasteiger partial charge in [-0.15, -0.1) is 0 Å². The van der Waals surface area contributed by atoms with Crippen LogP contribution < -0.4 is 22.1 Å². The van der Waals surface area contributed by atoms with Crippen molar-refractivity contribution in [3.05, 3.63) is 52.6 Å². The Kier molecular flexibility index (Phi) is 4.31. The van der Waals surface area contributed by atoms with E-state index in [9.17, 15) is 4.79 Å². The number of nitrogen functional groups attached to an aromatic ring is 1. The predicted octanol–water partition coefficient (Wildman–Crippen LogP) is 0.801. The van der Waals surface area contributed by atoms with Crippen molar-refractivity contribution in [1.82, 2.24) is 20.2 Å². The number of piperidine rings is 1. The van der Waals surface area contributed by atoms with Gasteiger partial charge >= 0.3 is 5.69 Å². The molecule has 6 heteroatoms. The first-order chi connectivity index (χ1) is 12.1. The monoisotopic (exact) mass is 339 g/mol. The zero-order valence-electron chi connectivity index (χ0n) is 14.5. The van der Waals surface area contributed by atoms with Crippen LogP contribution in [0.2, 0.25) is 0 Å². The van der Waals surface area contributed by atoms with E-state index in [-0.39, 0.29) is 11.5 Å². The van der Waals surface area contributed by atoms with Gasteiger partial charge in [0.1, 0.15) is 5.82 Å². The van der Waals surface area contributed by atoms with E-state index in [0.717, 1.165) is 36.4 Å². The van der Waals surface area contributed by atoms with Crippen LogP contribution in [0.1, 0.15) is 12.5 Å². The van der Waals surface area contributed by atoms with Crippen LogP contribution in [0.25, 0.3) is 5.69 Å². The van der Waals surface area contributed by atoms with Crippen LogP contribution in [0.3, 0.4) is 0 Å². The minimum Gasteiger partial charge on any atom is -0.383 e. The number of anilines is 1. The molecule has 1 aliphatic carbocycles. The molecule has 1 aromatic heterocycles. The van der Waals surface area contributed by atoms with Crippen molar-refractivity contribution in [3.63, 3.8) is 0 Å². The molecule has 3 atom stereocenters. The number of nitrogens with two attached hydrogens (primary N) is 1. The molecule has 0 bridgehead atoms. The van der Waals surface area contributed by atoms with E-state index in [1.54, 1.807) is 12.3 Å². The largest absolute Gasteiger partial charge is 0.383 e. The Labute approximate surface area is 147 Å². The summed E-state index contributed by atoms with van der Waals surface area (Å²) in [4.78, 5) is 15.7. The summed E-state index contributed by atoms with van der Waals surface area (Å²) in [5, 5.41) is 7.12. The van der Waals surface area contributed by atoms with Gasteiger partial charge in [0.15, 0.2) is 0 Å². The Morgan fingerprint density at radius 3 is 2.68 bits per heavy atom. The van der Waals surface area contributed by atoms with E-state index in [4.69, 9.17) is 5.73 Å². The molecule has 0 spiro atoms. The number of hydrogen-bond acceptors (Lipinski definition) is 5. The number of aromatic nitrogens is 2. The highest BCUT2D eigenvalue weighted by Gasteiger charge is 2.52. The molecule has 1 aromatic carbocycles. The van der Waals surface area contributed by atoms with Crippen molar-refractivity contribution in [2.75, 3.05) is 25.4 Å². The maximum Gasteiger partial charge on any atom is 0.354 e. The smallest absolute Gasteiger partial charge is 0.354 e. The van der Waals surface area contributed by atoms with Gasteiger partial charge in [-0.2, -0.15) is 4.98 Å². The number of hydrogen-bond donors (Lipinski definition) is 3. The average molecular weight is 339 g/mol. The molecule has 25 heavy (non-hydrogen) atoms. The van der Waals surface area contributed by atoms with Crippen molar-refractivity contribution in [2.24, 2.45) is 17.8 Å². The number of fused-ring (bicyclic) bond motifs is 1. The van der Waals surface area contributed by atoms with Crippen LogP contribution in [0, 0.1) is 17.8 Å². The second-order valence-electron chi connectivity index (χ2n) is 7.33. The number of rotatable bonds is 6. The Bertz CT molecular complexity index is 790. The Morgan fingerprint density at radius 2 is 2.00 bits per heavy atom. The Balaban J connectivity index is 1.33. The van der Waals surface area contributed by atoms with E-state index in [1.165, 1.54) is 23.2 Å². The fourth-order valence-electron chi connectivity index (χ4n) is 4.02. The molecule has 2 heterocycles. The zero-order valence-corrected chi connectivity index (χ0v) is 14.5. The first-order valence-corrected chi connectivity index (χ1v) is 9.00. The molecule has 1 saturated heterocycles. The molecule has 4 rings (SSSR count). The molecule has 1 saturated carbocycles. The van der Waals surface area contributed by atoms with E-state index < -0.39 is 0 Å². The maximum absolute atomic E-state index is 11.9. The average Bonchev–Trinajstić information content (AvgIpc) is 3.01. The summed E-state index contributed by atoms with van der Waals surface area (Å²) in [6.07, 6.45) is 2.64. The summed E-state index contributed by atoms with van der Waals surface area (Å²) in [6.45, 7) is 5.76. The molecule has 0 radical (unpaired) electrons. The van der Waals surface area contributed by atoms with Crippen molar-refractivity contribution < 1.29 is 0 Å². The summed E-state index contributed by atoms with van der Waals surface area (Å²) >= 11 is 0. The van der Waals surface area contributed by atoms with E-state index in [2.05, 4.69) is 34.7 Å². The quantitative estimate of drug-likeness (QED) is 0.725. The summed E-state index contributed by atoms with van der Waals surface area (Å²) in [5.74, 6) is 2.93. The molecule has 2 fully saturated rings. The lowest BCUT2D eigenvalue weighted by atomic mass is 10.1. The molecule has 3 unspecified atom stereocenters. The van der Waals surface area contributed by atoms with Crippen LogP contribution in [-0.2, 0) is 6.42 Å². The van der Waals surface area contributed by atoms with Crippen molar-refractivity contribution in [1.29, 1.82) is 0 Å². The van der Waals surface area contributed by atoms with Crippen LogP contribution in [0.4, 0.5) is 5.82 Å². The summed E-state index contributed by atoms with van der Waals surface area (Å²) in [7, 11) is 0. The highest BCUT2D eigenvalue weighted by molar-refractivity contribution is 5.36. The van der Waals surface area contributed by atoms with Gasteiger partial charge in [0.05, 0.1) is 5.69 Å². The van der Waals surface area contributed by atoms with Crippen molar-refractivity contribution in [2.45, 2.75) is 19.4 Å². The topological polar surface area (TPSA) is 85.0 Å². The normalized spacial score (nSPS) is 25.6. The molecule has 6 nitrogen and oxygen atoms in total. The molecular formula is C19H25N5O. The van der Waals surface area contributed by atoms with Gasteiger partial charge in [-0.25, -0.2) is 4.79 Å². The summed E-state index contributed by atoms with van der Waals surface area (Å²) in [6, 6.07) is 10.1. The van der Waals surface area contributed by atoms with E-state index in [1.807, 2.05) is 12.1 Å². The molecule has 1 aliphatic heterocycles. The van der Waals surface area contributed by atoms with Crippen LogP contribution in [0.15, 0.2) is 41.3 Å². The van der Waals surface area contributed by atoms with E-state index >= 15 is 0 Å². The molecule has 2 aliphatic rings. The fraction of sp³-hybridized carbons (Fsp3) is 0.474. The minimum atomic E-state index is -0.354. The first kappa shape index (κ1) is 16.3. The van der Waals surface area contributed by atoms with Crippen molar-refractivity contribution in [3.8, 4) is 5.69 Å². The minimum absolute atomic E-state index is 0.244. The van der Waals surface area contributed by atoms with Crippen LogP contribution >= 0.6 is 0 Å². The van der Waals surface area contributed by atoms with Crippen LogP contribution in [0.5, 0.6) is 0 Å². The van der Waals surface area contributed by atoms with Gasteiger partial charge in [0.2, 0.25) is 0 Å². The van der Waals surface area contributed by atoms with Crippen molar-refractivity contribution >= 4 is 5.82 Å². The van der Waals surface area contributed by atoms with Gasteiger partial charge in [0.25, 0.3) is 0 Å². The highest BCUT2D eigenvalue weighted by Crippen LogP contribution is 2.48. The summed E-state index contributed by atoms with van der Waals surface area (Å²) < 4.78 is 1.50. The zero-order chi connectivity index (χ0) is 17.4. The van der Waals surface area contributed by atoms with Gasteiger partial charge in [0, 0.05) is 12.2 Å². The lowest BCUT2D eigenvalue weighted by molar-refractivity contribution is 0.483. The van der Waals surface area contributed by atoms with E-state index in [0.29, 0.717) is 6.04 Å². The van der Waals surface area contributed by atoms with Gasteiger partial charge < -0.3 is 16.4 Å². The fourth-order valence-corrected chi connectivity index (χ4v) is 4.02. The molecular weight excluding hydrogens is 314 g/mol. The maximum atomic E-state index is 11.9. The molecule has 4 N–H and O–H groups in total. The van der Waals surface area contributed by atoms with Gasteiger partial charge in [-0.3, -0.25) is 4.57 Å². The lowest BCUT2D eigenvalue weighted by Crippen LogP contribution is -2.32. The van der Waals surface area contributed by atoms with Gasteiger partial charge in [-0.05, 0) is 74.5 Å². The summed E-state index contributed by atoms with van der Waals surface area (Å²) in [5.41, 5.74) is 7.25.